The molecule has 3 aromatic carbocycles. The van der Waals surface area contributed by atoms with Gasteiger partial charge in [-0.15, -0.1) is 0 Å². The summed E-state index contributed by atoms with van der Waals surface area (Å²) in [6.45, 7) is 1.80. The highest BCUT2D eigenvalue weighted by Gasteiger charge is 2.24. The monoisotopic (exact) mass is 383 g/mol. The molecule has 0 spiro atoms. The molecular formula is C23H17N3O3. The van der Waals surface area contributed by atoms with Gasteiger partial charge in [-0.1, -0.05) is 60.7 Å². The Morgan fingerprint density at radius 1 is 0.897 bits per heavy atom. The fourth-order valence-electron chi connectivity index (χ4n) is 3.30. The third-order valence-electron chi connectivity index (χ3n) is 4.68. The van der Waals surface area contributed by atoms with Crippen LogP contribution in [0.25, 0.3) is 16.9 Å². The van der Waals surface area contributed by atoms with Crippen LogP contribution in [0.15, 0.2) is 84.9 Å². The molecule has 0 fully saturated rings. The molecule has 0 aliphatic carbocycles. The molecule has 1 aromatic heterocycles. The molecule has 0 N–H and O–H groups in total. The molecule has 6 nitrogen and oxygen atoms in total. The van der Waals surface area contributed by atoms with E-state index in [4.69, 9.17) is 0 Å². The molecule has 0 aliphatic heterocycles. The van der Waals surface area contributed by atoms with Gasteiger partial charge in [0.1, 0.15) is 0 Å². The first kappa shape index (κ1) is 18.3. The molecule has 142 valence electrons. The lowest BCUT2D eigenvalue weighted by Crippen LogP contribution is -2.05. The third-order valence-corrected chi connectivity index (χ3v) is 4.68. The predicted octanol–water partition coefficient (Wildman–Crippen LogP) is 4.99. The van der Waals surface area contributed by atoms with Crippen LogP contribution in [-0.2, 0) is 0 Å². The third kappa shape index (κ3) is 3.43. The van der Waals surface area contributed by atoms with Gasteiger partial charge in [0, 0.05) is 23.3 Å². The first-order valence-corrected chi connectivity index (χ1v) is 9.06. The molecule has 0 saturated heterocycles. The summed E-state index contributed by atoms with van der Waals surface area (Å²) in [7, 11) is 0. The molecule has 0 saturated carbocycles. The first-order valence-electron chi connectivity index (χ1n) is 9.06. The van der Waals surface area contributed by atoms with E-state index < -0.39 is 4.92 Å². The number of carbonyl (C=O) groups excluding carboxylic acids is 1. The average molecular weight is 383 g/mol. The van der Waals surface area contributed by atoms with Crippen LogP contribution >= 0.6 is 0 Å². The lowest BCUT2D eigenvalue weighted by molar-refractivity contribution is -0.384. The Morgan fingerprint density at radius 2 is 1.48 bits per heavy atom. The Balaban J connectivity index is 1.93. The van der Waals surface area contributed by atoms with Crippen molar-refractivity contribution in [2.75, 3.05) is 0 Å². The van der Waals surface area contributed by atoms with Gasteiger partial charge in [-0.25, -0.2) is 4.68 Å². The van der Waals surface area contributed by atoms with Gasteiger partial charge in [-0.3, -0.25) is 14.9 Å². The van der Waals surface area contributed by atoms with E-state index in [0.29, 0.717) is 28.2 Å². The van der Waals surface area contributed by atoms with Crippen LogP contribution in [0.1, 0.15) is 21.6 Å². The summed E-state index contributed by atoms with van der Waals surface area (Å²) in [6.07, 6.45) is 0. The minimum Gasteiger partial charge on any atom is -0.288 e. The van der Waals surface area contributed by atoms with E-state index in [-0.39, 0.29) is 11.5 Å². The van der Waals surface area contributed by atoms with E-state index in [1.807, 2.05) is 48.5 Å². The Morgan fingerprint density at radius 3 is 2.07 bits per heavy atom. The highest BCUT2D eigenvalue weighted by Crippen LogP contribution is 2.31. The summed E-state index contributed by atoms with van der Waals surface area (Å²) < 4.78 is 1.67. The highest BCUT2D eigenvalue weighted by molar-refractivity contribution is 6.13. The lowest BCUT2D eigenvalue weighted by Gasteiger charge is -2.10. The number of ketones is 1. The molecule has 0 radical (unpaired) electrons. The minimum atomic E-state index is -0.444. The summed E-state index contributed by atoms with van der Waals surface area (Å²) >= 11 is 0. The number of non-ortho nitro benzene ring substituents is 1. The molecule has 0 amide bonds. The van der Waals surface area contributed by atoms with Crippen molar-refractivity contribution in [1.29, 1.82) is 0 Å². The van der Waals surface area contributed by atoms with Crippen LogP contribution < -0.4 is 0 Å². The topological polar surface area (TPSA) is 78.0 Å². The van der Waals surface area contributed by atoms with Crippen LogP contribution in [0.3, 0.4) is 0 Å². The normalized spacial score (nSPS) is 10.7. The SMILES string of the molecule is Cc1nn(-c2ccc([N+](=O)[O-])cc2)c(-c2ccccc2)c1C(=O)c1ccccc1. The molecular weight excluding hydrogens is 366 g/mol. The number of aryl methyl sites for hydroxylation is 1. The number of nitrogens with zero attached hydrogens (tertiary/aromatic N) is 3. The summed E-state index contributed by atoms with van der Waals surface area (Å²) in [6, 6.07) is 24.7. The van der Waals surface area contributed by atoms with Gasteiger partial charge < -0.3 is 0 Å². The van der Waals surface area contributed by atoms with Gasteiger partial charge in [0.2, 0.25) is 0 Å². The summed E-state index contributed by atoms with van der Waals surface area (Å²) in [5.74, 6) is -0.116. The zero-order valence-corrected chi connectivity index (χ0v) is 15.6. The minimum absolute atomic E-state index is 0.000486. The molecule has 6 heteroatoms. The molecule has 0 bridgehead atoms. The van der Waals surface area contributed by atoms with Crippen molar-refractivity contribution >= 4 is 11.5 Å². The predicted molar refractivity (Wildman–Crippen MR) is 110 cm³/mol. The van der Waals surface area contributed by atoms with Gasteiger partial charge in [0.15, 0.2) is 5.78 Å². The van der Waals surface area contributed by atoms with Crippen molar-refractivity contribution < 1.29 is 9.72 Å². The Kier molecular flexibility index (Phi) is 4.75. The number of rotatable bonds is 5. The summed E-state index contributed by atoms with van der Waals surface area (Å²) in [5, 5.41) is 15.6. The van der Waals surface area contributed by atoms with E-state index in [1.54, 1.807) is 35.9 Å². The zero-order valence-electron chi connectivity index (χ0n) is 15.6. The number of hydrogen-bond acceptors (Lipinski definition) is 4. The van der Waals surface area contributed by atoms with E-state index in [1.165, 1.54) is 12.1 Å². The molecule has 1 heterocycles. The lowest BCUT2D eigenvalue weighted by atomic mass is 9.98. The first-order chi connectivity index (χ1) is 14.1. The van der Waals surface area contributed by atoms with Crippen molar-refractivity contribution in [2.24, 2.45) is 0 Å². The maximum Gasteiger partial charge on any atom is 0.269 e. The average Bonchev–Trinajstić information content (AvgIpc) is 3.11. The molecule has 0 atom stereocenters. The highest BCUT2D eigenvalue weighted by atomic mass is 16.6. The second-order valence-electron chi connectivity index (χ2n) is 6.56. The molecule has 0 aliphatic rings. The largest absolute Gasteiger partial charge is 0.288 e. The zero-order chi connectivity index (χ0) is 20.4. The molecule has 29 heavy (non-hydrogen) atoms. The maximum atomic E-state index is 13.3. The standard InChI is InChI=1S/C23H17N3O3/c1-16-21(23(27)18-10-6-3-7-11-18)22(17-8-4-2-5-9-17)25(24-16)19-12-14-20(15-13-19)26(28)29/h2-15H,1H3. The quantitative estimate of drug-likeness (QED) is 0.276. The molecule has 4 rings (SSSR count). The van der Waals surface area contributed by atoms with Gasteiger partial charge in [-0.05, 0) is 19.1 Å². The smallest absolute Gasteiger partial charge is 0.269 e. The van der Waals surface area contributed by atoms with Crippen molar-refractivity contribution in [1.82, 2.24) is 9.78 Å². The maximum absolute atomic E-state index is 13.3. The Bertz CT molecular complexity index is 1180. The second-order valence-corrected chi connectivity index (χ2v) is 6.56. The van der Waals surface area contributed by atoms with Gasteiger partial charge in [0.25, 0.3) is 5.69 Å². The van der Waals surface area contributed by atoms with Crippen LogP contribution in [0.2, 0.25) is 0 Å². The number of nitro groups is 1. The fraction of sp³-hybridized carbons (Fsp3) is 0.0435. The van der Waals surface area contributed by atoms with Crippen LogP contribution in [0.5, 0.6) is 0 Å². The van der Waals surface area contributed by atoms with Crippen LogP contribution in [-0.4, -0.2) is 20.5 Å². The Hall–Kier alpha value is -4.06. The van der Waals surface area contributed by atoms with Crippen molar-refractivity contribution in [3.05, 3.63) is 112 Å². The number of hydrogen-bond donors (Lipinski definition) is 0. The Labute approximate surface area is 167 Å². The van der Waals surface area contributed by atoms with Gasteiger partial charge in [-0.2, -0.15) is 5.10 Å². The molecule has 0 unspecified atom stereocenters. The van der Waals surface area contributed by atoms with E-state index in [2.05, 4.69) is 5.10 Å². The van der Waals surface area contributed by atoms with Crippen LogP contribution in [0, 0.1) is 17.0 Å². The van der Waals surface area contributed by atoms with E-state index in [9.17, 15) is 14.9 Å². The van der Waals surface area contributed by atoms with Crippen molar-refractivity contribution in [3.63, 3.8) is 0 Å². The molecule has 4 aromatic rings. The number of aromatic nitrogens is 2. The second kappa shape index (κ2) is 7.52. The number of nitro benzene ring substituents is 1. The van der Waals surface area contributed by atoms with E-state index >= 15 is 0 Å². The van der Waals surface area contributed by atoms with Gasteiger partial charge in [0.05, 0.1) is 27.6 Å². The van der Waals surface area contributed by atoms with E-state index in [0.717, 1.165) is 5.56 Å². The number of benzene rings is 3. The van der Waals surface area contributed by atoms with Crippen LogP contribution in [0.4, 0.5) is 5.69 Å². The van der Waals surface area contributed by atoms with Crippen molar-refractivity contribution in [3.8, 4) is 16.9 Å². The fourth-order valence-corrected chi connectivity index (χ4v) is 3.30. The number of carbonyl (C=O) groups is 1. The van der Waals surface area contributed by atoms with Crippen molar-refractivity contribution in [2.45, 2.75) is 6.92 Å². The summed E-state index contributed by atoms with van der Waals surface area (Å²) in [5.41, 5.74) is 3.83. The summed E-state index contributed by atoms with van der Waals surface area (Å²) in [4.78, 5) is 23.8. The van der Waals surface area contributed by atoms with Gasteiger partial charge >= 0.3 is 0 Å².